The summed E-state index contributed by atoms with van der Waals surface area (Å²) in [6.45, 7) is 4.73. The first-order valence-electron chi connectivity index (χ1n) is 9.63. The van der Waals surface area contributed by atoms with Crippen molar-refractivity contribution >= 4 is 5.91 Å². The van der Waals surface area contributed by atoms with Crippen LogP contribution >= 0.6 is 0 Å². The largest absolute Gasteiger partial charge is 0.496 e. The van der Waals surface area contributed by atoms with Crippen LogP contribution in [-0.2, 0) is 13.0 Å². The number of primary amides is 1. The summed E-state index contributed by atoms with van der Waals surface area (Å²) in [5.41, 5.74) is 11.0. The van der Waals surface area contributed by atoms with Crippen molar-refractivity contribution in [2.75, 3.05) is 7.11 Å². The minimum atomic E-state index is -0.422. The molecule has 0 radical (unpaired) electrons. The molecule has 0 fully saturated rings. The lowest BCUT2D eigenvalue weighted by Crippen LogP contribution is -2.14. The van der Waals surface area contributed by atoms with Gasteiger partial charge in [-0.05, 0) is 38.0 Å². The Hall–Kier alpha value is -3.08. The van der Waals surface area contributed by atoms with Crippen LogP contribution < -0.4 is 10.5 Å². The topological polar surface area (TPSA) is 70.1 Å². The van der Waals surface area contributed by atoms with Crippen molar-refractivity contribution in [1.29, 1.82) is 0 Å². The van der Waals surface area contributed by atoms with Crippen LogP contribution in [0.15, 0.2) is 48.7 Å². The third kappa shape index (κ3) is 3.79. The Labute approximate surface area is 166 Å². The minimum Gasteiger partial charge on any atom is -0.496 e. The molecule has 5 nitrogen and oxygen atoms in total. The number of amides is 1. The van der Waals surface area contributed by atoms with E-state index in [9.17, 15) is 4.79 Å². The van der Waals surface area contributed by atoms with Gasteiger partial charge in [-0.25, -0.2) is 0 Å². The van der Waals surface area contributed by atoms with E-state index in [1.54, 1.807) is 13.3 Å². The average molecular weight is 377 g/mol. The zero-order chi connectivity index (χ0) is 20.1. The summed E-state index contributed by atoms with van der Waals surface area (Å²) in [6.07, 6.45) is 4.68. The Morgan fingerprint density at radius 2 is 1.93 bits per heavy atom. The van der Waals surface area contributed by atoms with E-state index < -0.39 is 5.91 Å². The number of nitrogens with zero attached hydrogens (tertiary/aromatic N) is 2. The van der Waals surface area contributed by atoms with Crippen LogP contribution in [0.5, 0.6) is 5.75 Å². The van der Waals surface area contributed by atoms with E-state index in [4.69, 9.17) is 10.5 Å². The molecule has 3 rings (SSSR count). The molecule has 2 heterocycles. The number of hydrogen-bond donors (Lipinski definition) is 1. The van der Waals surface area contributed by atoms with Crippen molar-refractivity contribution in [3.63, 3.8) is 0 Å². The molecule has 0 saturated heterocycles. The third-order valence-electron chi connectivity index (χ3n) is 5.09. The fourth-order valence-corrected chi connectivity index (χ4v) is 3.71. The Balaban J connectivity index is 2.22. The lowest BCUT2D eigenvalue weighted by molar-refractivity contribution is 0.1000. The van der Waals surface area contributed by atoms with E-state index in [0.717, 1.165) is 53.2 Å². The van der Waals surface area contributed by atoms with Gasteiger partial charge in [0.1, 0.15) is 5.75 Å². The van der Waals surface area contributed by atoms with Crippen LogP contribution in [0.2, 0.25) is 0 Å². The first-order valence-corrected chi connectivity index (χ1v) is 9.63. The van der Waals surface area contributed by atoms with Gasteiger partial charge in [0.15, 0.2) is 0 Å². The number of nitrogens with two attached hydrogens (primary N) is 1. The molecule has 28 heavy (non-hydrogen) atoms. The Morgan fingerprint density at radius 1 is 1.18 bits per heavy atom. The lowest BCUT2D eigenvalue weighted by Gasteiger charge is -2.15. The number of benzene rings is 1. The molecule has 0 spiro atoms. The summed E-state index contributed by atoms with van der Waals surface area (Å²) in [5.74, 6) is 0.409. The van der Waals surface area contributed by atoms with Gasteiger partial charge in [-0.1, -0.05) is 37.6 Å². The molecule has 0 atom stereocenters. The molecule has 0 bridgehead atoms. The maximum atomic E-state index is 12.4. The predicted octanol–water partition coefficient (Wildman–Crippen LogP) is 4.36. The predicted molar refractivity (Wildman–Crippen MR) is 112 cm³/mol. The molecule has 2 aromatic heterocycles. The zero-order valence-corrected chi connectivity index (χ0v) is 16.7. The molecule has 1 amide bonds. The molecule has 2 N–H and O–H groups in total. The van der Waals surface area contributed by atoms with Crippen LogP contribution in [0, 0.1) is 6.92 Å². The fourth-order valence-electron chi connectivity index (χ4n) is 3.71. The zero-order valence-electron chi connectivity index (χ0n) is 16.7. The van der Waals surface area contributed by atoms with E-state index >= 15 is 0 Å². The van der Waals surface area contributed by atoms with Gasteiger partial charge in [-0.2, -0.15) is 0 Å². The fraction of sp³-hybridized carbons (Fsp3) is 0.304. The highest BCUT2D eigenvalue weighted by atomic mass is 16.5. The van der Waals surface area contributed by atoms with E-state index in [0.29, 0.717) is 12.1 Å². The number of unbranched alkanes of at least 4 members (excludes halogenated alkanes) is 1. The summed E-state index contributed by atoms with van der Waals surface area (Å²) in [5, 5.41) is 0. The maximum Gasteiger partial charge on any atom is 0.251 e. The van der Waals surface area contributed by atoms with Crippen molar-refractivity contribution in [3.8, 4) is 17.0 Å². The molecular weight excluding hydrogens is 350 g/mol. The van der Waals surface area contributed by atoms with E-state index in [1.807, 2.05) is 49.4 Å². The van der Waals surface area contributed by atoms with Crippen molar-refractivity contribution in [2.24, 2.45) is 5.73 Å². The van der Waals surface area contributed by atoms with Crippen LogP contribution in [-0.4, -0.2) is 22.6 Å². The first-order chi connectivity index (χ1) is 13.6. The van der Waals surface area contributed by atoms with Crippen LogP contribution in [0.25, 0.3) is 11.3 Å². The molecule has 0 unspecified atom stereocenters. The Kier molecular flexibility index (Phi) is 6.14. The Bertz CT molecular complexity index is 961. The molecule has 0 saturated carbocycles. The minimum absolute atomic E-state index is 0.422. The number of aromatic nitrogens is 2. The molecule has 0 aliphatic rings. The van der Waals surface area contributed by atoms with Gasteiger partial charge in [-0.3, -0.25) is 9.78 Å². The maximum absolute atomic E-state index is 12.4. The van der Waals surface area contributed by atoms with Crippen molar-refractivity contribution in [2.45, 2.75) is 39.7 Å². The number of methoxy groups -OCH3 is 1. The Morgan fingerprint density at radius 3 is 2.57 bits per heavy atom. The second kappa shape index (κ2) is 8.74. The van der Waals surface area contributed by atoms with E-state index in [2.05, 4.69) is 16.5 Å². The smallest absolute Gasteiger partial charge is 0.251 e. The molecule has 3 aromatic rings. The third-order valence-corrected chi connectivity index (χ3v) is 5.09. The van der Waals surface area contributed by atoms with Gasteiger partial charge in [0.2, 0.25) is 0 Å². The van der Waals surface area contributed by atoms with Gasteiger partial charge in [-0.15, -0.1) is 0 Å². The monoisotopic (exact) mass is 377 g/mol. The molecule has 1 aromatic carbocycles. The standard InChI is InChI=1S/C23H27N3O2/c1-4-5-12-19-22(18-11-8-9-14-25-18)21(23(24)27)16(2)26(19)15-17-10-6-7-13-20(17)28-3/h6-11,13-14H,4-5,12,15H2,1-3H3,(H2,24,27). The highest BCUT2D eigenvalue weighted by molar-refractivity contribution is 6.01. The van der Waals surface area contributed by atoms with Crippen LogP contribution in [0.3, 0.4) is 0 Å². The number of pyridine rings is 1. The molecule has 0 aliphatic heterocycles. The highest BCUT2D eigenvalue weighted by Crippen LogP contribution is 2.34. The van der Waals surface area contributed by atoms with Gasteiger partial charge in [0.05, 0.1) is 24.9 Å². The number of rotatable bonds is 8. The summed E-state index contributed by atoms with van der Waals surface area (Å²) in [7, 11) is 1.67. The van der Waals surface area contributed by atoms with Gasteiger partial charge in [0.25, 0.3) is 5.91 Å². The summed E-state index contributed by atoms with van der Waals surface area (Å²) >= 11 is 0. The summed E-state index contributed by atoms with van der Waals surface area (Å²) < 4.78 is 7.72. The second-order valence-electron chi connectivity index (χ2n) is 6.86. The van der Waals surface area contributed by atoms with Crippen molar-refractivity contribution in [3.05, 3.63) is 71.2 Å². The summed E-state index contributed by atoms with van der Waals surface area (Å²) in [4.78, 5) is 16.9. The number of para-hydroxylation sites is 1. The number of hydrogen-bond acceptors (Lipinski definition) is 3. The van der Waals surface area contributed by atoms with Crippen LogP contribution in [0.4, 0.5) is 0 Å². The molecule has 0 aliphatic carbocycles. The quantitative estimate of drug-likeness (QED) is 0.634. The SMILES string of the molecule is CCCCc1c(-c2ccccn2)c(C(N)=O)c(C)n1Cc1ccccc1OC. The normalized spacial score (nSPS) is 10.8. The molecule has 146 valence electrons. The number of carbonyl (C=O) groups is 1. The first kappa shape index (κ1) is 19.7. The second-order valence-corrected chi connectivity index (χ2v) is 6.86. The number of ether oxygens (including phenoxy) is 1. The molecular formula is C23H27N3O2. The van der Waals surface area contributed by atoms with Gasteiger partial charge < -0.3 is 15.0 Å². The summed E-state index contributed by atoms with van der Waals surface area (Å²) in [6, 6.07) is 13.7. The van der Waals surface area contributed by atoms with Gasteiger partial charge >= 0.3 is 0 Å². The van der Waals surface area contributed by atoms with Gasteiger partial charge in [0, 0.05) is 28.7 Å². The van der Waals surface area contributed by atoms with Crippen LogP contribution in [0.1, 0.15) is 47.1 Å². The lowest BCUT2D eigenvalue weighted by atomic mass is 10.0. The average Bonchev–Trinajstić information content (AvgIpc) is 2.99. The van der Waals surface area contributed by atoms with Crippen molar-refractivity contribution in [1.82, 2.24) is 9.55 Å². The van der Waals surface area contributed by atoms with E-state index in [-0.39, 0.29) is 0 Å². The van der Waals surface area contributed by atoms with E-state index in [1.165, 1.54) is 0 Å². The number of carbonyl (C=O) groups excluding carboxylic acids is 1. The highest BCUT2D eigenvalue weighted by Gasteiger charge is 2.25. The van der Waals surface area contributed by atoms with Crippen molar-refractivity contribution < 1.29 is 9.53 Å². The molecule has 5 heteroatoms.